The number of amides is 1. The quantitative estimate of drug-likeness (QED) is 0.713. The van der Waals surface area contributed by atoms with Crippen LogP contribution in [0.1, 0.15) is 69.7 Å². The molecule has 0 atom stereocenters. The Bertz CT molecular complexity index is 705. The molecule has 0 aliphatic heterocycles. The molecule has 0 saturated heterocycles. The van der Waals surface area contributed by atoms with Crippen LogP contribution in [-0.4, -0.2) is 22.0 Å². The molecule has 0 unspecified atom stereocenters. The number of carbonyl (C=O) groups is 1. The Labute approximate surface area is 167 Å². The molecular weight excluding hydrogens is 358 g/mol. The Balaban J connectivity index is 0.000000400. The molecule has 1 amide bonds. The summed E-state index contributed by atoms with van der Waals surface area (Å²) >= 11 is 1.83. The van der Waals surface area contributed by atoms with Crippen LogP contribution in [-0.2, 0) is 17.6 Å². The van der Waals surface area contributed by atoms with Gasteiger partial charge in [0.1, 0.15) is 17.3 Å². The molecule has 0 aromatic carbocycles. The highest BCUT2D eigenvalue weighted by Gasteiger charge is 2.23. The van der Waals surface area contributed by atoms with Crippen LogP contribution < -0.4 is 10.5 Å². The lowest BCUT2D eigenvalue weighted by molar-refractivity contribution is -0.115. The summed E-state index contributed by atoms with van der Waals surface area (Å²) in [6.45, 7) is 11.3. The van der Waals surface area contributed by atoms with Gasteiger partial charge in [0.2, 0.25) is 11.8 Å². The van der Waals surface area contributed by atoms with Crippen LogP contribution in [0.4, 0.5) is 0 Å². The van der Waals surface area contributed by atoms with Crippen molar-refractivity contribution in [1.29, 1.82) is 0 Å². The van der Waals surface area contributed by atoms with E-state index in [4.69, 9.17) is 4.74 Å². The van der Waals surface area contributed by atoms with E-state index in [0.717, 1.165) is 10.7 Å². The maximum Gasteiger partial charge on any atom is 0.225 e. The largest absolute Gasteiger partial charge is 0.474 e. The summed E-state index contributed by atoms with van der Waals surface area (Å²) in [5.74, 6) is 0.510. The molecule has 0 bridgehead atoms. The van der Waals surface area contributed by atoms with Crippen molar-refractivity contribution < 1.29 is 9.53 Å². The van der Waals surface area contributed by atoms with E-state index in [0.29, 0.717) is 6.10 Å². The molecule has 6 heteroatoms. The minimum Gasteiger partial charge on any atom is -0.474 e. The smallest absolute Gasteiger partial charge is 0.225 e. The minimum atomic E-state index is -0.333. The number of hydrogen-bond acceptors (Lipinski definition) is 5. The molecule has 0 radical (unpaired) electrons. The second-order valence-electron chi connectivity index (χ2n) is 6.20. The number of primary amides is 1. The summed E-state index contributed by atoms with van der Waals surface area (Å²) in [6.07, 6.45) is 12.0. The van der Waals surface area contributed by atoms with Gasteiger partial charge in [-0.05, 0) is 50.5 Å². The summed E-state index contributed by atoms with van der Waals surface area (Å²) in [4.78, 5) is 20.7. The fraction of sp³-hybridized carbons (Fsp3) is 0.571. The van der Waals surface area contributed by atoms with E-state index >= 15 is 0 Å². The van der Waals surface area contributed by atoms with Crippen molar-refractivity contribution in [3.8, 4) is 5.88 Å². The molecule has 4 rings (SSSR count). The number of aryl methyl sites for hydroxylation is 2. The Morgan fingerprint density at radius 1 is 1.15 bits per heavy atom. The highest BCUT2D eigenvalue weighted by molar-refractivity contribution is 7.18. The molecule has 150 valence electrons. The van der Waals surface area contributed by atoms with Gasteiger partial charge in [0.25, 0.3) is 0 Å². The van der Waals surface area contributed by atoms with Crippen LogP contribution in [0.3, 0.4) is 0 Å². The summed E-state index contributed by atoms with van der Waals surface area (Å²) in [7, 11) is 0. The SMILES string of the molecule is C=C.CC.CC(N)=O.c1nc(OC2CCCCC2)c2c3c(sc2n1)CCC3. The third-order valence-corrected chi connectivity index (χ3v) is 5.50. The predicted molar refractivity (Wildman–Crippen MR) is 114 cm³/mol. The Kier molecular flexibility index (Phi) is 10.6. The van der Waals surface area contributed by atoms with Crippen molar-refractivity contribution in [2.45, 2.75) is 78.2 Å². The molecule has 2 N–H and O–H groups in total. The summed E-state index contributed by atoms with van der Waals surface area (Å²) in [5.41, 5.74) is 5.94. The van der Waals surface area contributed by atoms with Crippen molar-refractivity contribution in [2.75, 3.05) is 0 Å². The second-order valence-corrected chi connectivity index (χ2v) is 7.29. The van der Waals surface area contributed by atoms with E-state index in [1.54, 1.807) is 6.33 Å². The molecule has 2 aromatic heterocycles. The predicted octanol–water partition coefficient (Wildman–Crippen LogP) is 5.21. The van der Waals surface area contributed by atoms with Gasteiger partial charge in [0.15, 0.2) is 0 Å². The van der Waals surface area contributed by atoms with Gasteiger partial charge in [0, 0.05) is 11.8 Å². The molecular formula is C21H33N3O2S. The Morgan fingerprint density at radius 3 is 2.41 bits per heavy atom. The molecule has 0 spiro atoms. The molecule has 2 heterocycles. The van der Waals surface area contributed by atoms with Gasteiger partial charge < -0.3 is 10.5 Å². The van der Waals surface area contributed by atoms with E-state index in [-0.39, 0.29) is 5.91 Å². The lowest BCUT2D eigenvalue weighted by Crippen LogP contribution is -2.20. The van der Waals surface area contributed by atoms with E-state index in [1.807, 2.05) is 25.2 Å². The molecule has 1 saturated carbocycles. The lowest BCUT2D eigenvalue weighted by atomic mass is 9.98. The Hall–Kier alpha value is -1.95. The minimum absolute atomic E-state index is 0.333. The normalized spacial score (nSPS) is 15.2. The second kappa shape index (κ2) is 12.4. The number of nitrogens with two attached hydrogens (primary N) is 1. The van der Waals surface area contributed by atoms with Crippen LogP contribution in [0.2, 0.25) is 0 Å². The highest BCUT2D eigenvalue weighted by Crippen LogP contribution is 2.40. The first-order chi connectivity index (χ1) is 13.1. The van der Waals surface area contributed by atoms with E-state index in [1.165, 1.54) is 74.1 Å². The number of ether oxygens (including phenoxy) is 1. The van der Waals surface area contributed by atoms with Gasteiger partial charge in [-0.3, -0.25) is 4.79 Å². The van der Waals surface area contributed by atoms with Gasteiger partial charge in [0.05, 0.1) is 5.39 Å². The monoisotopic (exact) mass is 391 g/mol. The number of nitrogens with zero attached hydrogens (tertiary/aromatic N) is 2. The van der Waals surface area contributed by atoms with Gasteiger partial charge in [-0.2, -0.15) is 0 Å². The van der Waals surface area contributed by atoms with Crippen molar-refractivity contribution in [2.24, 2.45) is 5.73 Å². The first-order valence-corrected chi connectivity index (χ1v) is 10.6. The maximum absolute atomic E-state index is 9.22. The van der Waals surface area contributed by atoms with Crippen LogP contribution in [0, 0.1) is 0 Å². The summed E-state index contributed by atoms with van der Waals surface area (Å²) < 4.78 is 6.21. The molecule has 2 aromatic rings. The van der Waals surface area contributed by atoms with Crippen LogP contribution >= 0.6 is 11.3 Å². The van der Waals surface area contributed by atoms with Gasteiger partial charge in [-0.1, -0.05) is 20.3 Å². The maximum atomic E-state index is 9.22. The summed E-state index contributed by atoms with van der Waals surface area (Å²) in [6, 6.07) is 0. The van der Waals surface area contributed by atoms with E-state index < -0.39 is 0 Å². The van der Waals surface area contributed by atoms with Crippen LogP contribution in [0.25, 0.3) is 10.2 Å². The van der Waals surface area contributed by atoms with Crippen molar-refractivity contribution >= 4 is 27.5 Å². The van der Waals surface area contributed by atoms with E-state index in [9.17, 15) is 4.79 Å². The van der Waals surface area contributed by atoms with Crippen molar-refractivity contribution in [3.63, 3.8) is 0 Å². The fourth-order valence-electron chi connectivity index (χ4n) is 3.33. The zero-order valence-electron chi connectivity index (χ0n) is 16.9. The number of thiophene rings is 1. The molecule has 1 fully saturated rings. The van der Waals surface area contributed by atoms with Gasteiger partial charge >= 0.3 is 0 Å². The van der Waals surface area contributed by atoms with Crippen LogP contribution in [0.15, 0.2) is 19.5 Å². The summed E-state index contributed by atoms with van der Waals surface area (Å²) in [5, 5.41) is 1.21. The van der Waals surface area contributed by atoms with E-state index in [2.05, 4.69) is 28.9 Å². The average Bonchev–Trinajstić information content (AvgIpc) is 3.27. The first-order valence-electron chi connectivity index (χ1n) is 9.83. The molecule has 2 aliphatic carbocycles. The zero-order chi connectivity index (χ0) is 20.2. The molecule has 2 aliphatic rings. The topological polar surface area (TPSA) is 78.1 Å². The molecule has 27 heavy (non-hydrogen) atoms. The van der Waals surface area contributed by atoms with Gasteiger partial charge in [-0.15, -0.1) is 24.5 Å². The number of rotatable bonds is 2. The van der Waals surface area contributed by atoms with Crippen LogP contribution in [0.5, 0.6) is 5.88 Å². The highest BCUT2D eigenvalue weighted by atomic mass is 32.1. The number of fused-ring (bicyclic) bond motifs is 3. The number of hydrogen-bond donors (Lipinski definition) is 1. The zero-order valence-corrected chi connectivity index (χ0v) is 17.7. The van der Waals surface area contributed by atoms with Crippen molar-refractivity contribution in [1.82, 2.24) is 9.97 Å². The van der Waals surface area contributed by atoms with Crippen molar-refractivity contribution in [3.05, 3.63) is 29.9 Å². The first kappa shape index (κ1) is 23.1. The third-order valence-electron chi connectivity index (χ3n) is 4.30. The number of aromatic nitrogens is 2. The third kappa shape index (κ3) is 6.61. The lowest BCUT2D eigenvalue weighted by Gasteiger charge is -2.22. The standard InChI is InChI=1S/C15H18N2OS.C2H5NO.C2H6.C2H4/c1-2-5-10(6-3-1)18-14-13-11-7-4-8-12(11)19-15(13)17-9-16-14;1-2(3)4;2*1-2/h9-10H,1-8H2;1H3,(H2,3,4);1-2H3;1-2H2. The number of carbonyl (C=O) groups excluding carboxylic acids is 1. The Morgan fingerprint density at radius 2 is 1.78 bits per heavy atom. The van der Waals surface area contributed by atoms with Gasteiger partial charge in [-0.25, -0.2) is 9.97 Å². The average molecular weight is 392 g/mol. The molecule has 5 nitrogen and oxygen atoms in total. The fourth-order valence-corrected chi connectivity index (χ4v) is 4.55.